The number of aromatic nitrogens is 4. The van der Waals surface area contributed by atoms with E-state index in [1.807, 2.05) is 25.2 Å². The van der Waals surface area contributed by atoms with Gasteiger partial charge in [0.15, 0.2) is 5.82 Å². The van der Waals surface area contributed by atoms with E-state index in [0.29, 0.717) is 29.0 Å². The third-order valence-electron chi connectivity index (χ3n) is 6.48. The third kappa shape index (κ3) is 4.96. The van der Waals surface area contributed by atoms with Crippen LogP contribution < -0.4 is 20.3 Å². The van der Waals surface area contributed by atoms with Gasteiger partial charge in [0.25, 0.3) is 0 Å². The lowest BCUT2D eigenvalue weighted by molar-refractivity contribution is -0.111. The second kappa shape index (κ2) is 10.3. The molecule has 3 aromatic heterocycles. The van der Waals surface area contributed by atoms with Crippen molar-refractivity contribution in [1.82, 2.24) is 24.4 Å². The molecule has 1 aliphatic rings. The summed E-state index contributed by atoms with van der Waals surface area (Å²) in [6, 6.07) is 11.9. The summed E-state index contributed by atoms with van der Waals surface area (Å²) < 4.78 is 7.71. The lowest BCUT2D eigenvalue weighted by atomic mass is 10.1. The van der Waals surface area contributed by atoms with Crippen LogP contribution in [-0.4, -0.2) is 70.7 Å². The first-order chi connectivity index (χ1) is 18.0. The van der Waals surface area contributed by atoms with Gasteiger partial charge in [0.1, 0.15) is 5.69 Å². The number of carbonyl (C=O) groups excluding carboxylic acids is 1. The predicted molar refractivity (Wildman–Crippen MR) is 147 cm³/mol. The molecule has 37 heavy (non-hydrogen) atoms. The van der Waals surface area contributed by atoms with Gasteiger partial charge >= 0.3 is 0 Å². The summed E-state index contributed by atoms with van der Waals surface area (Å²) in [7, 11) is 5.67. The Hall–Kier alpha value is -4.44. The van der Waals surface area contributed by atoms with Gasteiger partial charge in [-0.15, -0.1) is 0 Å². The summed E-state index contributed by atoms with van der Waals surface area (Å²) in [5, 5.41) is 7.24. The standard InChI is InChI=1S/C27H30N8O2/c1-5-24(36)29-21-16-22(26(37-4)32-25(21)35-14-12-33(2)13-15-35)31-27-28-11-10-20(30-27)19-17-34(3)23-9-7-6-8-18(19)23/h5-11,16-17H,1,12-15H2,2-4H3,(H,29,36)(H,28,30,31). The molecule has 0 unspecified atom stereocenters. The van der Waals surface area contributed by atoms with Crippen LogP contribution in [0.5, 0.6) is 5.88 Å². The summed E-state index contributed by atoms with van der Waals surface area (Å²) in [5.74, 6) is 1.10. The van der Waals surface area contributed by atoms with E-state index in [1.165, 1.54) is 6.08 Å². The van der Waals surface area contributed by atoms with Crippen molar-refractivity contribution in [2.24, 2.45) is 7.05 Å². The summed E-state index contributed by atoms with van der Waals surface area (Å²) in [6.45, 7) is 6.94. The summed E-state index contributed by atoms with van der Waals surface area (Å²) in [5.41, 5.74) is 4.02. The number of piperazine rings is 1. The van der Waals surface area contributed by atoms with Gasteiger partial charge in [0, 0.05) is 62.1 Å². The molecule has 4 aromatic rings. The second-order valence-electron chi connectivity index (χ2n) is 8.96. The fourth-order valence-electron chi connectivity index (χ4n) is 4.50. The van der Waals surface area contributed by atoms with E-state index in [2.05, 4.69) is 61.9 Å². The molecule has 190 valence electrons. The second-order valence-corrected chi connectivity index (χ2v) is 8.96. The largest absolute Gasteiger partial charge is 0.479 e. The number of hydrogen-bond donors (Lipinski definition) is 2. The van der Waals surface area contributed by atoms with E-state index in [0.717, 1.165) is 48.3 Å². The quantitative estimate of drug-likeness (QED) is 0.373. The molecule has 1 saturated heterocycles. The number of para-hydroxylation sites is 1. The van der Waals surface area contributed by atoms with Crippen LogP contribution in [0.2, 0.25) is 0 Å². The number of methoxy groups -OCH3 is 1. The van der Waals surface area contributed by atoms with E-state index in [4.69, 9.17) is 14.7 Å². The molecule has 1 fully saturated rings. The third-order valence-corrected chi connectivity index (χ3v) is 6.48. The van der Waals surface area contributed by atoms with Crippen LogP contribution in [0.3, 0.4) is 0 Å². The van der Waals surface area contributed by atoms with Crippen molar-refractivity contribution in [2.45, 2.75) is 0 Å². The molecule has 0 aliphatic carbocycles. The molecule has 1 aliphatic heterocycles. The van der Waals surface area contributed by atoms with Crippen molar-refractivity contribution in [3.05, 3.63) is 61.4 Å². The van der Waals surface area contributed by atoms with Gasteiger partial charge in [-0.2, -0.15) is 4.98 Å². The maximum atomic E-state index is 12.2. The first-order valence-electron chi connectivity index (χ1n) is 12.1. The fraction of sp³-hybridized carbons (Fsp3) is 0.259. The molecular formula is C27H30N8O2. The van der Waals surface area contributed by atoms with Crippen molar-refractivity contribution in [3.8, 4) is 17.1 Å². The number of rotatable bonds is 7. The summed E-state index contributed by atoms with van der Waals surface area (Å²) >= 11 is 0. The van der Waals surface area contributed by atoms with Crippen molar-refractivity contribution in [1.29, 1.82) is 0 Å². The van der Waals surface area contributed by atoms with Gasteiger partial charge in [-0.1, -0.05) is 24.8 Å². The molecule has 0 bridgehead atoms. The van der Waals surface area contributed by atoms with E-state index in [9.17, 15) is 4.79 Å². The minimum absolute atomic E-state index is 0.317. The number of aryl methyl sites for hydroxylation is 1. The summed E-state index contributed by atoms with van der Waals surface area (Å²) in [4.78, 5) is 30.6. The number of carbonyl (C=O) groups is 1. The highest BCUT2D eigenvalue weighted by atomic mass is 16.5. The predicted octanol–water partition coefficient (Wildman–Crippen LogP) is 3.66. The van der Waals surface area contributed by atoms with Gasteiger partial charge < -0.3 is 29.7 Å². The van der Waals surface area contributed by atoms with Gasteiger partial charge in [-0.3, -0.25) is 4.79 Å². The number of benzene rings is 1. The Labute approximate surface area is 215 Å². The monoisotopic (exact) mass is 498 g/mol. The van der Waals surface area contributed by atoms with Crippen molar-refractivity contribution in [3.63, 3.8) is 0 Å². The molecule has 1 aromatic carbocycles. The number of pyridine rings is 1. The van der Waals surface area contributed by atoms with Crippen LogP contribution in [0.25, 0.3) is 22.2 Å². The van der Waals surface area contributed by atoms with E-state index in [1.54, 1.807) is 19.4 Å². The van der Waals surface area contributed by atoms with Crippen molar-refractivity contribution >= 4 is 40.0 Å². The van der Waals surface area contributed by atoms with Crippen LogP contribution in [-0.2, 0) is 11.8 Å². The van der Waals surface area contributed by atoms with Crippen LogP contribution in [0.1, 0.15) is 0 Å². The Kier molecular flexibility index (Phi) is 6.74. The Morgan fingerprint density at radius 2 is 1.86 bits per heavy atom. The molecule has 4 heterocycles. The molecule has 10 nitrogen and oxygen atoms in total. The molecule has 0 spiro atoms. The normalized spacial score (nSPS) is 14.0. The van der Waals surface area contributed by atoms with Gasteiger partial charge in [0.2, 0.25) is 17.7 Å². The van der Waals surface area contributed by atoms with Gasteiger partial charge in [-0.05, 0) is 31.3 Å². The average Bonchev–Trinajstić information content (AvgIpc) is 3.26. The number of nitrogens with one attached hydrogen (secondary N) is 2. The topological polar surface area (TPSA) is 100 Å². The molecule has 0 atom stereocenters. The van der Waals surface area contributed by atoms with Crippen molar-refractivity contribution < 1.29 is 9.53 Å². The van der Waals surface area contributed by atoms with Gasteiger partial charge in [0.05, 0.1) is 18.5 Å². The van der Waals surface area contributed by atoms with E-state index in [-0.39, 0.29) is 5.91 Å². The molecule has 1 amide bonds. The van der Waals surface area contributed by atoms with Crippen LogP contribution in [0.4, 0.5) is 23.1 Å². The Bertz CT molecular complexity index is 1460. The average molecular weight is 499 g/mol. The van der Waals surface area contributed by atoms with E-state index < -0.39 is 0 Å². The molecule has 5 rings (SSSR count). The van der Waals surface area contributed by atoms with Crippen LogP contribution in [0.15, 0.2) is 61.4 Å². The number of hydrogen-bond acceptors (Lipinski definition) is 8. The van der Waals surface area contributed by atoms with Crippen molar-refractivity contribution in [2.75, 3.05) is 55.9 Å². The number of fused-ring (bicyclic) bond motifs is 1. The fourth-order valence-corrected chi connectivity index (χ4v) is 4.50. The van der Waals surface area contributed by atoms with E-state index >= 15 is 0 Å². The molecule has 2 N–H and O–H groups in total. The number of anilines is 4. The molecular weight excluding hydrogens is 468 g/mol. The van der Waals surface area contributed by atoms with Crippen LogP contribution >= 0.6 is 0 Å². The first kappa shape index (κ1) is 24.3. The first-order valence-corrected chi connectivity index (χ1v) is 12.1. The summed E-state index contributed by atoms with van der Waals surface area (Å²) in [6.07, 6.45) is 5.01. The highest BCUT2D eigenvalue weighted by molar-refractivity contribution is 6.01. The number of likely N-dealkylation sites (N-methyl/N-ethyl adjacent to an activating group) is 1. The highest BCUT2D eigenvalue weighted by Crippen LogP contribution is 2.36. The zero-order valence-electron chi connectivity index (χ0n) is 21.2. The molecule has 0 saturated carbocycles. The lowest BCUT2D eigenvalue weighted by Gasteiger charge is -2.34. The molecule has 10 heteroatoms. The maximum absolute atomic E-state index is 12.2. The zero-order chi connectivity index (χ0) is 25.9. The van der Waals surface area contributed by atoms with Gasteiger partial charge in [-0.25, -0.2) is 9.97 Å². The maximum Gasteiger partial charge on any atom is 0.247 e. The zero-order valence-corrected chi connectivity index (χ0v) is 21.2. The highest BCUT2D eigenvalue weighted by Gasteiger charge is 2.22. The number of amides is 1. The Morgan fingerprint density at radius 3 is 2.62 bits per heavy atom. The SMILES string of the molecule is C=CC(=O)Nc1cc(Nc2nccc(-c3cn(C)c4ccccc34)n2)c(OC)nc1N1CCN(C)CC1. The Morgan fingerprint density at radius 1 is 1.08 bits per heavy atom. The minimum atomic E-state index is -0.317. The smallest absolute Gasteiger partial charge is 0.247 e. The Balaban J connectivity index is 1.51. The van der Waals surface area contributed by atoms with Crippen LogP contribution in [0, 0.1) is 0 Å². The minimum Gasteiger partial charge on any atom is -0.479 e. The number of nitrogens with zero attached hydrogens (tertiary/aromatic N) is 6. The lowest BCUT2D eigenvalue weighted by Crippen LogP contribution is -2.45. The number of ether oxygens (including phenoxy) is 1. The molecule has 0 radical (unpaired) electrons.